The van der Waals surface area contributed by atoms with E-state index in [1.807, 2.05) is 0 Å². The van der Waals surface area contributed by atoms with Crippen LogP contribution in [0.4, 0.5) is 5.69 Å². The molecule has 0 atom stereocenters. The molecule has 96 valence electrons. The number of anilines is 1. The summed E-state index contributed by atoms with van der Waals surface area (Å²) in [6.07, 6.45) is 3.22. The summed E-state index contributed by atoms with van der Waals surface area (Å²) >= 11 is 8.17. The highest BCUT2D eigenvalue weighted by atomic mass is 79.9. The third kappa shape index (κ3) is 3.36. The van der Waals surface area contributed by atoms with Crippen LogP contribution in [0, 0.1) is 0 Å². The van der Waals surface area contributed by atoms with E-state index >= 15 is 0 Å². The zero-order chi connectivity index (χ0) is 13.8. The van der Waals surface area contributed by atoms with E-state index in [9.17, 15) is 4.79 Å². The van der Waals surface area contributed by atoms with Crippen LogP contribution in [-0.2, 0) is 0 Å². The highest BCUT2D eigenvalue weighted by molar-refractivity contribution is 9.10. The highest BCUT2D eigenvalue weighted by Gasteiger charge is 2.08. The first-order valence-corrected chi connectivity index (χ1v) is 6.59. The Morgan fingerprint density at radius 3 is 2.42 bits per heavy atom. The summed E-state index contributed by atoms with van der Waals surface area (Å²) in [7, 11) is 0. The van der Waals surface area contributed by atoms with Crippen molar-refractivity contribution in [3.63, 3.8) is 0 Å². The third-order valence-corrected chi connectivity index (χ3v) is 3.32. The molecule has 1 aromatic heterocycles. The van der Waals surface area contributed by atoms with Gasteiger partial charge in [-0.25, -0.2) is 0 Å². The largest absolute Gasteiger partial charge is 0.389 e. The molecule has 0 saturated carbocycles. The van der Waals surface area contributed by atoms with Gasteiger partial charge in [-0.1, -0.05) is 24.4 Å². The normalized spacial score (nSPS) is 9.95. The van der Waals surface area contributed by atoms with Gasteiger partial charge >= 0.3 is 0 Å². The summed E-state index contributed by atoms with van der Waals surface area (Å²) in [5.74, 6) is -0.207. The van der Waals surface area contributed by atoms with Crippen molar-refractivity contribution in [2.75, 3.05) is 5.32 Å². The Labute approximate surface area is 124 Å². The van der Waals surface area contributed by atoms with Crippen LogP contribution in [0.15, 0.2) is 47.2 Å². The third-order valence-electron chi connectivity index (χ3n) is 2.45. The molecule has 0 spiro atoms. The van der Waals surface area contributed by atoms with E-state index < -0.39 is 0 Å². The minimum atomic E-state index is -0.207. The molecular formula is C13H10BrN3OS. The van der Waals surface area contributed by atoms with E-state index in [1.54, 1.807) is 42.7 Å². The Hall–Kier alpha value is -1.79. The Morgan fingerprint density at radius 2 is 1.84 bits per heavy atom. The molecule has 0 unspecified atom stereocenters. The number of benzene rings is 1. The molecule has 1 amide bonds. The lowest BCUT2D eigenvalue weighted by atomic mass is 10.1. The van der Waals surface area contributed by atoms with Gasteiger partial charge in [0.15, 0.2) is 0 Å². The molecule has 2 rings (SSSR count). The van der Waals surface area contributed by atoms with Crippen molar-refractivity contribution in [2.24, 2.45) is 5.73 Å². The average Bonchev–Trinajstić information content (AvgIpc) is 2.41. The molecule has 1 aromatic carbocycles. The lowest BCUT2D eigenvalue weighted by Gasteiger charge is -2.07. The molecule has 0 saturated heterocycles. The van der Waals surface area contributed by atoms with Gasteiger partial charge in [0.05, 0.1) is 10.2 Å². The maximum Gasteiger partial charge on any atom is 0.255 e. The quantitative estimate of drug-likeness (QED) is 0.846. The molecule has 0 aliphatic rings. The molecule has 2 aromatic rings. The number of aromatic nitrogens is 1. The summed E-state index contributed by atoms with van der Waals surface area (Å²) in [4.78, 5) is 16.3. The molecule has 0 bridgehead atoms. The molecule has 1 heterocycles. The van der Waals surface area contributed by atoms with Crippen molar-refractivity contribution in [3.05, 3.63) is 58.3 Å². The second-order valence-corrected chi connectivity index (χ2v) is 5.05. The van der Waals surface area contributed by atoms with Crippen LogP contribution >= 0.6 is 28.1 Å². The second kappa shape index (κ2) is 5.90. The smallest absolute Gasteiger partial charge is 0.255 e. The van der Waals surface area contributed by atoms with Gasteiger partial charge in [0.1, 0.15) is 4.99 Å². The molecule has 3 N–H and O–H groups in total. The average molecular weight is 336 g/mol. The fourth-order valence-electron chi connectivity index (χ4n) is 1.46. The summed E-state index contributed by atoms with van der Waals surface area (Å²) < 4.78 is 0.725. The highest BCUT2D eigenvalue weighted by Crippen LogP contribution is 2.20. The molecule has 0 radical (unpaired) electrons. The van der Waals surface area contributed by atoms with Crippen LogP contribution in [0.25, 0.3) is 0 Å². The van der Waals surface area contributed by atoms with Gasteiger partial charge in [0.25, 0.3) is 5.91 Å². The predicted octanol–water partition coefficient (Wildman–Crippen LogP) is 2.73. The SMILES string of the molecule is NC(=S)c1ccc(C(=O)Nc2ccncc2Br)cc1. The van der Waals surface area contributed by atoms with Gasteiger partial charge in [-0.2, -0.15) is 0 Å². The molecule has 19 heavy (non-hydrogen) atoms. The van der Waals surface area contributed by atoms with Gasteiger partial charge in [0.2, 0.25) is 0 Å². The summed E-state index contributed by atoms with van der Waals surface area (Å²) in [5.41, 5.74) is 7.43. The lowest BCUT2D eigenvalue weighted by Crippen LogP contribution is -2.13. The number of amides is 1. The van der Waals surface area contributed by atoms with Crippen LogP contribution in [0.1, 0.15) is 15.9 Å². The Bertz CT molecular complexity index is 628. The summed E-state index contributed by atoms with van der Waals surface area (Å²) in [5, 5.41) is 2.79. The van der Waals surface area contributed by atoms with Crippen LogP contribution in [0.5, 0.6) is 0 Å². The van der Waals surface area contributed by atoms with Crippen molar-refractivity contribution in [1.29, 1.82) is 0 Å². The van der Waals surface area contributed by atoms with E-state index in [1.165, 1.54) is 0 Å². The van der Waals surface area contributed by atoms with Crippen LogP contribution < -0.4 is 11.1 Å². The number of carbonyl (C=O) groups excluding carboxylic acids is 1. The van der Waals surface area contributed by atoms with Crippen molar-refractivity contribution in [3.8, 4) is 0 Å². The number of carbonyl (C=O) groups is 1. The molecule has 0 fully saturated rings. The standard InChI is InChI=1S/C13H10BrN3OS/c14-10-7-16-6-5-11(10)17-13(18)9-3-1-8(2-4-9)12(15)19/h1-7H,(H2,15,19)(H,16,17,18). The van der Waals surface area contributed by atoms with E-state index in [4.69, 9.17) is 18.0 Å². The van der Waals surface area contributed by atoms with E-state index in [0.29, 0.717) is 16.2 Å². The molecule has 0 aliphatic carbocycles. The first kappa shape index (κ1) is 13.6. The number of hydrogen-bond acceptors (Lipinski definition) is 3. The minimum Gasteiger partial charge on any atom is -0.389 e. The first-order chi connectivity index (χ1) is 9.08. The van der Waals surface area contributed by atoms with Crippen LogP contribution in [0.3, 0.4) is 0 Å². The Kier molecular flexibility index (Phi) is 4.24. The van der Waals surface area contributed by atoms with Gasteiger partial charge in [-0.15, -0.1) is 0 Å². The fourth-order valence-corrected chi connectivity index (χ4v) is 1.94. The number of rotatable bonds is 3. The van der Waals surface area contributed by atoms with Gasteiger partial charge in [-0.05, 0) is 34.1 Å². The number of hydrogen-bond donors (Lipinski definition) is 2. The topological polar surface area (TPSA) is 68.0 Å². The van der Waals surface area contributed by atoms with Crippen LogP contribution in [-0.4, -0.2) is 15.9 Å². The molecular weight excluding hydrogens is 326 g/mol. The minimum absolute atomic E-state index is 0.207. The lowest BCUT2D eigenvalue weighted by molar-refractivity contribution is 0.102. The zero-order valence-corrected chi connectivity index (χ0v) is 12.2. The number of pyridine rings is 1. The maximum absolute atomic E-state index is 12.0. The number of halogens is 1. The van der Waals surface area contributed by atoms with Crippen molar-refractivity contribution in [1.82, 2.24) is 4.98 Å². The second-order valence-electron chi connectivity index (χ2n) is 3.75. The number of nitrogens with two attached hydrogens (primary N) is 1. The summed E-state index contributed by atoms with van der Waals surface area (Å²) in [6, 6.07) is 8.51. The molecule has 4 nitrogen and oxygen atoms in total. The zero-order valence-electron chi connectivity index (χ0n) is 9.76. The monoisotopic (exact) mass is 335 g/mol. The van der Waals surface area contributed by atoms with Crippen molar-refractivity contribution in [2.45, 2.75) is 0 Å². The fraction of sp³-hybridized carbons (Fsp3) is 0. The van der Waals surface area contributed by atoms with Gasteiger partial charge < -0.3 is 11.1 Å². The number of thiocarbonyl (C=S) groups is 1. The maximum atomic E-state index is 12.0. The van der Waals surface area contributed by atoms with Gasteiger partial charge in [-0.3, -0.25) is 9.78 Å². The van der Waals surface area contributed by atoms with Gasteiger partial charge in [0, 0.05) is 23.5 Å². The number of nitrogens with one attached hydrogen (secondary N) is 1. The Balaban J connectivity index is 2.16. The van der Waals surface area contributed by atoms with Crippen molar-refractivity contribution < 1.29 is 4.79 Å². The Morgan fingerprint density at radius 1 is 1.21 bits per heavy atom. The first-order valence-electron chi connectivity index (χ1n) is 5.38. The predicted molar refractivity (Wildman–Crippen MR) is 82.2 cm³/mol. The molecule has 6 heteroatoms. The van der Waals surface area contributed by atoms with Crippen LogP contribution in [0.2, 0.25) is 0 Å². The van der Waals surface area contributed by atoms with E-state index in [2.05, 4.69) is 26.2 Å². The summed E-state index contributed by atoms with van der Waals surface area (Å²) in [6.45, 7) is 0. The van der Waals surface area contributed by atoms with Crippen molar-refractivity contribution >= 4 is 44.7 Å². The van der Waals surface area contributed by atoms with E-state index in [-0.39, 0.29) is 5.91 Å². The van der Waals surface area contributed by atoms with E-state index in [0.717, 1.165) is 10.0 Å². The molecule has 0 aliphatic heterocycles. The number of nitrogens with zero attached hydrogens (tertiary/aromatic N) is 1.